The van der Waals surface area contributed by atoms with Crippen LogP contribution in [-0.2, 0) is 16.1 Å². The number of fused-ring (bicyclic) bond motifs is 1. The Labute approximate surface area is 116 Å². The summed E-state index contributed by atoms with van der Waals surface area (Å²) in [5, 5.41) is 0.698. The van der Waals surface area contributed by atoms with Crippen molar-refractivity contribution in [3.05, 3.63) is 47.0 Å². The summed E-state index contributed by atoms with van der Waals surface area (Å²) in [4.78, 5) is 26.0. The first-order chi connectivity index (χ1) is 9.16. The molecule has 1 heterocycles. The Hall–Kier alpha value is -1.61. The van der Waals surface area contributed by atoms with E-state index < -0.39 is 0 Å². The maximum atomic E-state index is 12.3. The van der Waals surface area contributed by atoms with Gasteiger partial charge in [0.2, 0.25) is 11.8 Å². The van der Waals surface area contributed by atoms with Crippen LogP contribution in [0.3, 0.4) is 0 Å². The average Bonchev–Trinajstić information content (AvgIpc) is 2.65. The van der Waals surface area contributed by atoms with E-state index in [1.807, 2.05) is 36.4 Å². The predicted octanol–water partition coefficient (Wildman–Crippen LogP) is 2.70. The molecule has 1 aliphatic carbocycles. The molecule has 0 saturated carbocycles. The van der Waals surface area contributed by atoms with E-state index in [2.05, 4.69) is 0 Å². The molecule has 4 heteroatoms. The molecule has 2 aliphatic rings. The molecular weight excluding hydrogens is 262 g/mol. The van der Waals surface area contributed by atoms with E-state index in [9.17, 15) is 9.59 Å². The number of hydrogen-bond acceptors (Lipinski definition) is 2. The Bertz CT molecular complexity index is 553. The molecule has 2 unspecified atom stereocenters. The van der Waals surface area contributed by atoms with E-state index in [-0.39, 0.29) is 23.7 Å². The number of amides is 2. The molecule has 3 rings (SSSR count). The highest BCUT2D eigenvalue weighted by atomic mass is 35.5. The third kappa shape index (κ3) is 2.19. The first kappa shape index (κ1) is 12.4. The van der Waals surface area contributed by atoms with Gasteiger partial charge in [-0.1, -0.05) is 48.0 Å². The molecule has 0 radical (unpaired) electrons. The van der Waals surface area contributed by atoms with E-state index in [1.165, 1.54) is 4.90 Å². The number of benzene rings is 1. The largest absolute Gasteiger partial charge is 0.278 e. The summed E-state index contributed by atoms with van der Waals surface area (Å²) in [7, 11) is 0. The smallest absolute Gasteiger partial charge is 0.233 e. The molecule has 1 saturated heterocycles. The van der Waals surface area contributed by atoms with Gasteiger partial charge in [0, 0.05) is 5.03 Å². The van der Waals surface area contributed by atoms with Crippen LogP contribution in [0.5, 0.6) is 0 Å². The second-order valence-corrected chi connectivity index (χ2v) is 5.54. The summed E-state index contributed by atoms with van der Waals surface area (Å²) < 4.78 is 0. The van der Waals surface area contributed by atoms with E-state index >= 15 is 0 Å². The quantitative estimate of drug-likeness (QED) is 0.778. The Morgan fingerprint density at radius 2 is 1.79 bits per heavy atom. The van der Waals surface area contributed by atoms with Gasteiger partial charge in [0.05, 0.1) is 18.4 Å². The summed E-state index contributed by atoms with van der Waals surface area (Å²) in [6.07, 6.45) is 2.95. The van der Waals surface area contributed by atoms with Crippen LogP contribution in [0.15, 0.2) is 41.4 Å². The highest BCUT2D eigenvalue weighted by Gasteiger charge is 2.48. The highest BCUT2D eigenvalue weighted by molar-refractivity contribution is 6.30. The van der Waals surface area contributed by atoms with Crippen molar-refractivity contribution in [1.82, 2.24) is 4.90 Å². The van der Waals surface area contributed by atoms with Crippen molar-refractivity contribution < 1.29 is 9.59 Å². The van der Waals surface area contributed by atoms with Crippen molar-refractivity contribution in [1.29, 1.82) is 0 Å². The van der Waals surface area contributed by atoms with Crippen LogP contribution in [0.2, 0.25) is 0 Å². The Kier molecular flexibility index (Phi) is 3.15. The van der Waals surface area contributed by atoms with Gasteiger partial charge in [-0.15, -0.1) is 0 Å². The van der Waals surface area contributed by atoms with Gasteiger partial charge in [0.15, 0.2) is 0 Å². The van der Waals surface area contributed by atoms with Crippen LogP contribution in [-0.4, -0.2) is 16.7 Å². The molecule has 0 bridgehead atoms. The first-order valence-corrected chi connectivity index (χ1v) is 6.78. The lowest BCUT2D eigenvalue weighted by molar-refractivity contribution is -0.140. The number of allylic oxidation sites excluding steroid dienone is 2. The number of rotatable bonds is 2. The SMILES string of the molecule is O=C1C2CC=C(Cl)CC2C(=O)N1Cc1ccccc1. The number of likely N-dealkylation sites (tertiary alicyclic amines) is 1. The van der Waals surface area contributed by atoms with Gasteiger partial charge in [-0.25, -0.2) is 0 Å². The molecule has 3 nitrogen and oxygen atoms in total. The predicted molar refractivity (Wildman–Crippen MR) is 72.1 cm³/mol. The van der Waals surface area contributed by atoms with Crippen LogP contribution in [0.4, 0.5) is 0 Å². The summed E-state index contributed by atoms with van der Waals surface area (Å²) in [6, 6.07) is 9.58. The molecule has 1 aromatic carbocycles. The van der Waals surface area contributed by atoms with Crippen molar-refractivity contribution in [3.63, 3.8) is 0 Å². The standard InChI is InChI=1S/C15H14ClNO2/c16-11-6-7-12-13(8-11)15(19)17(14(12)18)9-10-4-2-1-3-5-10/h1-6,12-13H,7-9H2. The number of hydrogen-bond donors (Lipinski definition) is 0. The van der Waals surface area contributed by atoms with Gasteiger partial charge in [-0.05, 0) is 18.4 Å². The van der Waals surface area contributed by atoms with Gasteiger partial charge in [0.25, 0.3) is 0 Å². The summed E-state index contributed by atoms with van der Waals surface area (Å²) >= 11 is 5.98. The van der Waals surface area contributed by atoms with Gasteiger partial charge < -0.3 is 0 Å². The summed E-state index contributed by atoms with van der Waals surface area (Å²) in [5.74, 6) is -0.600. The van der Waals surface area contributed by atoms with Crippen LogP contribution >= 0.6 is 11.6 Å². The lowest BCUT2D eigenvalue weighted by atomic mass is 9.85. The van der Waals surface area contributed by atoms with Crippen LogP contribution in [0.1, 0.15) is 18.4 Å². The van der Waals surface area contributed by atoms with E-state index in [0.29, 0.717) is 24.4 Å². The molecule has 0 spiro atoms. The third-order valence-corrected chi connectivity index (χ3v) is 4.15. The fourth-order valence-electron chi connectivity index (χ4n) is 2.82. The van der Waals surface area contributed by atoms with Crippen molar-refractivity contribution in [2.24, 2.45) is 11.8 Å². The maximum absolute atomic E-state index is 12.3. The molecule has 98 valence electrons. The van der Waals surface area contributed by atoms with Crippen molar-refractivity contribution in [2.45, 2.75) is 19.4 Å². The summed E-state index contributed by atoms with van der Waals surface area (Å²) in [6.45, 7) is 0.364. The summed E-state index contributed by atoms with van der Waals surface area (Å²) in [5.41, 5.74) is 0.974. The molecule has 1 aliphatic heterocycles. The average molecular weight is 276 g/mol. The van der Waals surface area contributed by atoms with E-state index in [0.717, 1.165) is 5.56 Å². The Balaban J connectivity index is 1.82. The Morgan fingerprint density at radius 3 is 2.53 bits per heavy atom. The fourth-order valence-corrected chi connectivity index (χ4v) is 3.07. The maximum Gasteiger partial charge on any atom is 0.233 e. The molecule has 1 fully saturated rings. The van der Waals surface area contributed by atoms with Crippen molar-refractivity contribution in [2.75, 3.05) is 0 Å². The van der Waals surface area contributed by atoms with Crippen molar-refractivity contribution in [3.8, 4) is 0 Å². The van der Waals surface area contributed by atoms with Gasteiger partial charge in [0.1, 0.15) is 0 Å². The van der Waals surface area contributed by atoms with Gasteiger partial charge in [-0.3, -0.25) is 14.5 Å². The third-order valence-electron chi connectivity index (χ3n) is 3.84. The number of nitrogens with zero attached hydrogens (tertiary/aromatic N) is 1. The number of halogens is 1. The molecule has 2 amide bonds. The molecular formula is C15H14ClNO2. The minimum Gasteiger partial charge on any atom is -0.278 e. The zero-order chi connectivity index (χ0) is 13.4. The number of carbonyl (C=O) groups is 2. The second-order valence-electron chi connectivity index (χ2n) is 5.05. The Morgan fingerprint density at radius 1 is 1.11 bits per heavy atom. The zero-order valence-corrected chi connectivity index (χ0v) is 11.1. The lowest BCUT2D eigenvalue weighted by Gasteiger charge is -2.17. The number of carbonyl (C=O) groups excluding carboxylic acids is 2. The normalized spacial score (nSPS) is 26.4. The zero-order valence-electron chi connectivity index (χ0n) is 10.4. The first-order valence-electron chi connectivity index (χ1n) is 6.40. The molecule has 2 atom stereocenters. The second kappa shape index (κ2) is 4.82. The lowest BCUT2D eigenvalue weighted by Crippen LogP contribution is -2.30. The van der Waals surface area contributed by atoms with Crippen LogP contribution in [0.25, 0.3) is 0 Å². The number of imide groups is 1. The van der Waals surface area contributed by atoms with Crippen LogP contribution < -0.4 is 0 Å². The van der Waals surface area contributed by atoms with Gasteiger partial charge >= 0.3 is 0 Å². The monoisotopic (exact) mass is 275 g/mol. The molecule has 0 N–H and O–H groups in total. The van der Waals surface area contributed by atoms with Crippen LogP contribution in [0, 0.1) is 11.8 Å². The molecule has 19 heavy (non-hydrogen) atoms. The van der Waals surface area contributed by atoms with E-state index in [1.54, 1.807) is 0 Å². The topological polar surface area (TPSA) is 37.4 Å². The molecule has 1 aromatic rings. The highest BCUT2D eigenvalue weighted by Crippen LogP contribution is 2.39. The van der Waals surface area contributed by atoms with E-state index in [4.69, 9.17) is 11.6 Å². The molecule has 0 aromatic heterocycles. The van der Waals surface area contributed by atoms with Crippen molar-refractivity contribution >= 4 is 23.4 Å². The fraction of sp³-hybridized carbons (Fsp3) is 0.333. The van der Waals surface area contributed by atoms with Gasteiger partial charge in [-0.2, -0.15) is 0 Å². The minimum absolute atomic E-state index is 0.0562. The minimum atomic E-state index is -0.256.